The molecule has 0 aromatic carbocycles. The van der Waals surface area contributed by atoms with Crippen LogP contribution in [0.2, 0.25) is 0 Å². The van der Waals surface area contributed by atoms with E-state index in [0.29, 0.717) is 11.3 Å². The van der Waals surface area contributed by atoms with Crippen molar-refractivity contribution in [1.29, 1.82) is 0 Å². The van der Waals surface area contributed by atoms with E-state index in [1.54, 1.807) is 11.5 Å². The highest BCUT2D eigenvalue weighted by Gasteiger charge is 2.32. The Labute approximate surface area is 131 Å². The second kappa shape index (κ2) is 7.76. The maximum Gasteiger partial charge on any atom is 0.170 e. The Kier molecular flexibility index (Phi) is 6.30. The summed E-state index contributed by atoms with van der Waals surface area (Å²) in [5.74, 6) is 2.65. The van der Waals surface area contributed by atoms with Crippen molar-refractivity contribution in [3.05, 3.63) is 5.82 Å². The Morgan fingerprint density at radius 3 is 2.75 bits per heavy atom. The SMILES string of the molecule is CCNC1CCC(C(C)C)CC1Sc1nc(CC)ns1. The quantitative estimate of drug-likeness (QED) is 0.861. The first-order valence-electron chi connectivity index (χ1n) is 7.86. The van der Waals surface area contributed by atoms with Gasteiger partial charge in [0.2, 0.25) is 0 Å². The zero-order chi connectivity index (χ0) is 14.5. The highest BCUT2D eigenvalue weighted by atomic mass is 32.2. The average molecular weight is 314 g/mol. The van der Waals surface area contributed by atoms with Gasteiger partial charge in [-0.25, -0.2) is 4.98 Å². The molecule has 1 saturated carbocycles. The Hall–Kier alpha value is -0.130. The molecule has 1 heterocycles. The van der Waals surface area contributed by atoms with Crippen molar-refractivity contribution in [3.8, 4) is 0 Å². The highest BCUT2D eigenvalue weighted by Crippen LogP contribution is 2.39. The maximum atomic E-state index is 4.63. The third-order valence-electron chi connectivity index (χ3n) is 4.26. The minimum Gasteiger partial charge on any atom is -0.313 e. The molecule has 1 aromatic rings. The van der Waals surface area contributed by atoms with Crippen LogP contribution in [0.3, 0.4) is 0 Å². The third-order valence-corrected chi connectivity index (χ3v) is 6.44. The summed E-state index contributed by atoms with van der Waals surface area (Å²) in [4.78, 5) is 4.63. The molecule has 3 nitrogen and oxygen atoms in total. The van der Waals surface area contributed by atoms with E-state index in [0.717, 1.165) is 35.0 Å². The van der Waals surface area contributed by atoms with Crippen LogP contribution in [0.25, 0.3) is 0 Å². The molecule has 0 saturated heterocycles. The monoisotopic (exact) mass is 313 g/mol. The van der Waals surface area contributed by atoms with E-state index in [1.807, 2.05) is 11.8 Å². The molecule has 3 atom stereocenters. The minimum atomic E-state index is 0.633. The fourth-order valence-corrected chi connectivity index (χ4v) is 5.26. The lowest BCUT2D eigenvalue weighted by molar-refractivity contribution is 0.247. The van der Waals surface area contributed by atoms with Crippen LogP contribution in [0.4, 0.5) is 0 Å². The van der Waals surface area contributed by atoms with E-state index in [2.05, 4.69) is 42.4 Å². The van der Waals surface area contributed by atoms with Gasteiger partial charge >= 0.3 is 0 Å². The summed E-state index contributed by atoms with van der Waals surface area (Å²) in [5, 5.41) is 4.32. The fourth-order valence-electron chi connectivity index (χ4n) is 2.95. The summed E-state index contributed by atoms with van der Waals surface area (Å²) >= 11 is 3.52. The molecule has 0 amide bonds. The molecule has 1 aliphatic carbocycles. The molecule has 1 aliphatic rings. The minimum absolute atomic E-state index is 0.633. The van der Waals surface area contributed by atoms with Crippen LogP contribution in [-0.4, -0.2) is 27.2 Å². The van der Waals surface area contributed by atoms with Crippen molar-refractivity contribution in [1.82, 2.24) is 14.7 Å². The Bertz CT molecular complexity index is 406. The van der Waals surface area contributed by atoms with Crippen molar-refractivity contribution in [2.75, 3.05) is 6.54 Å². The molecular formula is C15H27N3S2. The number of hydrogen-bond acceptors (Lipinski definition) is 5. The lowest BCUT2D eigenvalue weighted by Gasteiger charge is -2.37. The number of rotatable bonds is 6. The molecule has 2 rings (SSSR count). The van der Waals surface area contributed by atoms with Crippen LogP contribution < -0.4 is 5.32 Å². The Balaban J connectivity index is 2.02. The van der Waals surface area contributed by atoms with Gasteiger partial charge in [-0.3, -0.25) is 0 Å². The molecule has 1 N–H and O–H groups in total. The van der Waals surface area contributed by atoms with Crippen molar-refractivity contribution >= 4 is 23.3 Å². The molecular weight excluding hydrogens is 286 g/mol. The van der Waals surface area contributed by atoms with E-state index in [1.165, 1.54) is 19.3 Å². The number of thioether (sulfide) groups is 1. The van der Waals surface area contributed by atoms with Gasteiger partial charge < -0.3 is 5.32 Å². The first-order valence-corrected chi connectivity index (χ1v) is 9.51. The molecule has 20 heavy (non-hydrogen) atoms. The van der Waals surface area contributed by atoms with Gasteiger partial charge in [0.25, 0.3) is 0 Å². The van der Waals surface area contributed by atoms with Crippen LogP contribution in [0, 0.1) is 11.8 Å². The van der Waals surface area contributed by atoms with Gasteiger partial charge in [-0.1, -0.05) is 39.5 Å². The van der Waals surface area contributed by atoms with Gasteiger partial charge in [-0.2, -0.15) is 4.37 Å². The fraction of sp³-hybridized carbons (Fsp3) is 0.867. The second-order valence-corrected chi connectivity index (χ2v) is 8.21. The molecule has 0 aliphatic heterocycles. The normalized spacial score (nSPS) is 27.1. The first kappa shape index (κ1) is 16.2. The largest absolute Gasteiger partial charge is 0.313 e. The first-order chi connectivity index (χ1) is 9.63. The molecule has 5 heteroatoms. The summed E-state index contributed by atoms with van der Waals surface area (Å²) in [6.07, 6.45) is 4.91. The van der Waals surface area contributed by atoms with E-state index >= 15 is 0 Å². The van der Waals surface area contributed by atoms with Crippen molar-refractivity contribution in [3.63, 3.8) is 0 Å². The van der Waals surface area contributed by atoms with Crippen LogP contribution in [0.1, 0.15) is 52.8 Å². The Morgan fingerprint density at radius 2 is 2.15 bits per heavy atom. The van der Waals surface area contributed by atoms with Crippen molar-refractivity contribution in [2.45, 2.75) is 69.0 Å². The topological polar surface area (TPSA) is 37.8 Å². The van der Waals surface area contributed by atoms with Gasteiger partial charge in [0.05, 0.1) is 0 Å². The van der Waals surface area contributed by atoms with Crippen LogP contribution in [-0.2, 0) is 6.42 Å². The van der Waals surface area contributed by atoms with Gasteiger partial charge in [-0.15, -0.1) is 0 Å². The van der Waals surface area contributed by atoms with Gasteiger partial charge in [0.15, 0.2) is 4.34 Å². The number of aryl methyl sites for hydroxylation is 1. The summed E-state index contributed by atoms with van der Waals surface area (Å²) in [6.45, 7) is 10.1. The van der Waals surface area contributed by atoms with Crippen LogP contribution in [0.5, 0.6) is 0 Å². The van der Waals surface area contributed by atoms with E-state index < -0.39 is 0 Å². The zero-order valence-corrected chi connectivity index (χ0v) is 14.7. The average Bonchev–Trinajstić information content (AvgIpc) is 2.88. The van der Waals surface area contributed by atoms with Gasteiger partial charge in [-0.05, 0) is 49.2 Å². The smallest absolute Gasteiger partial charge is 0.170 e. The molecule has 0 radical (unpaired) electrons. The summed E-state index contributed by atoms with van der Waals surface area (Å²) < 4.78 is 5.57. The van der Waals surface area contributed by atoms with E-state index in [4.69, 9.17) is 0 Å². The maximum absolute atomic E-state index is 4.63. The van der Waals surface area contributed by atoms with Crippen molar-refractivity contribution < 1.29 is 0 Å². The molecule has 1 aromatic heterocycles. The number of hydrogen-bond donors (Lipinski definition) is 1. The third kappa shape index (κ3) is 4.18. The summed E-state index contributed by atoms with van der Waals surface area (Å²) in [6, 6.07) is 0.633. The van der Waals surface area contributed by atoms with Crippen molar-refractivity contribution in [2.24, 2.45) is 11.8 Å². The highest BCUT2D eigenvalue weighted by molar-refractivity contribution is 8.01. The number of nitrogens with one attached hydrogen (secondary N) is 1. The Morgan fingerprint density at radius 1 is 1.35 bits per heavy atom. The number of aromatic nitrogens is 2. The lowest BCUT2D eigenvalue weighted by Crippen LogP contribution is -2.43. The zero-order valence-electron chi connectivity index (χ0n) is 13.1. The summed E-state index contributed by atoms with van der Waals surface area (Å²) in [5.41, 5.74) is 0. The predicted octanol–water partition coefficient (Wildman–Crippen LogP) is 4.00. The van der Waals surface area contributed by atoms with E-state index in [9.17, 15) is 0 Å². The summed E-state index contributed by atoms with van der Waals surface area (Å²) in [7, 11) is 0. The molecule has 0 bridgehead atoms. The lowest BCUT2D eigenvalue weighted by atomic mass is 9.79. The van der Waals surface area contributed by atoms with Crippen LogP contribution >= 0.6 is 23.3 Å². The number of nitrogens with zero attached hydrogens (tertiary/aromatic N) is 2. The van der Waals surface area contributed by atoms with Crippen LogP contribution in [0.15, 0.2) is 4.34 Å². The molecule has 114 valence electrons. The van der Waals surface area contributed by atoms with E-state index in [-0.39, 0.29) is 0 Å². The van der Waals surface area contributed by atoms with Gasteiger partial charge in [0.1, 0.15) is 5.82 Å². The van der Waals surface area contributed by atoms with Gasteiger partial charge in [0, 0.05) is 17.7 Å². The molecule has 0 spiro atoms. The standard InChI is InChI=1S/C15H27N3S2/c1-5-14-17-15(20-18-14)19-13-9-11(10(3)4)7-8-12(13)16-6-2/h10-13,16H,5-9H2,1-4H3. The predicted molar refractivity (Wildman–Crippen MR) is 88.6 cm³/mol. The molecule has 1 fully saturated rings. The molecule has 3 unspecified atom stereocenters. The second-order valence-electron chi connectivity index (χ2n) is 5.97.